The summed E-state index contributed by atoms with van der Waals surface area (Å²) in [6, 6.07) is 14.6. The number of hydrogen-bond donors (Lipinski definition) is 1. The molecule has 0 aromatic heterocycles. The summed E-state index contributed by atoms with van der Waals surface area (Å²) < 4.78 is 20.2. The van der Waals surface area contributed by atoms with Crippen molar-refractivity contribution in [1.29, 1.82) is 0 Å². The summed E-state index contributed by atoms with van der Waals surface area (Å²) in [5.74, 6) is 0.610. The summed E-state index contributed by atoms with van der Waals surface area (Å²) in [5, 5.41) is 3.19. The zero-order chi connectivity index (χ0) is 18.7. The smallest absolute Gasteiger partial charge is 0.220 e. The van der Waals surface area contributed by atoms with Gasteiger partial charge < -0.3 is 10.1 Å². The zero-order valence-electron chi connectivity index (χ0n) is 15.5. The summed E-state index contributed by atoms with van der Waals surface area (Å²) in [5.41, 5.74) is 1.48. The van der Waals surface area contributed by atoms with Crippen molar-refractivity contribution in [3.8, 4) is 5.75 Å². The Bertz CT molecular complexity index is 814. The highest BCUT2D eigenvalue weighted by atomic mass is 19.1. The van der Waals surface area contributed by atoms with E-state index in [1.165, 1.54) is 25.3 Å². The third-order valence-corrected chi connectivity index (χ3v) is 5.88. The minimum absolute atomic E-state index is 0.0362. The van der Waals surface area contributed by atoms with Gasteiger partial charge in [-0.05, 0) is 49.8 Å². The van der Waals surface area contributed by atoms with Crippen LogP contribution in [0.25, 0.3) is 0 Å². The molecule has 4 heteroatoms. The maximum absolute atomic E-state index is 13.8. The third kappa shape index (κ3) is 4.00. The molecule has 1 saturated carbocycles. The van der Waals surface area contributed by atoms with Crippen LogP contribution in [-0.4, -0.2) is 11.5 Å². The van der Waals surface area contributed by atoms with Crippen LogP contribution in [0, 0.1) is 5.82 Å². The summed E-state index contributed by atoms with van der Waals surface area (Å²) >= 11 is 0. The van der Waals surface area contributed by atoms with E-state index >= 15 is 0 Å². The van der Waals surface area contributed by atoms with Crippen molar-refractivity contribution in [2.24, 2.45) is 0 Å². The van der Waals surface area contributed by atoms with E-state index in [-0.39, 0.29) is 29.8 Å². The summed E-state index contributed by atoms with van der Waals surface area (Å²) in [6.45, 7) is 0. The molecule has 4 rings (SSSR count). The molecule has 1 fully saturated rings. The predicted molar refractivity (Wildman–Crippen MR) is 103 cm³/mol. The summed E-state index contributed by atoms with van der Waals surface area (Å²) in [6.07, 6.45) is 7.21. The van der Waals surface area contributed by atoms with Gasteiger partial charge in [0.1, 0.15) is 17.2 Å². The van der Waals surface area contributed by atoms with E-state index in [9.17, 15) is 9.18 Å². The highest BCUT2D eigenvalue weighted by Crippen LogP contribution is 2.46. The fourth-order valence-electron chi connectivity index (χ4n) is 4.47. The van der Waals surface area contributed by atoms with Gasteiger partial charge in [-0.25, -0.2) is 4.39 Å². The lowest BCUT2D eigenvalue weighted by Crippen LogP contribution is -2.46. The number of nitrogens with one attached hydrogen (secondary N) is 1. The van der Waals surface area contributed by atoms with E-state index in [4.69, 9.17) is 4.74 Å². The lowest BCUT2D eigenvalue weighted by atomic mass is 9.77. The molecule has 1 spiro atoms. The van der Waals surface area contributed by atoms with Gasteiger partial charge in [0, 0.05) is 18.4 Å². The predicted octanol–water partition coefficient (Wildman–Crippen LogP) is 5.10. The van der Waals surface area contributed by atoms with Gasteiger partial charge >= 0.3 is 0 Å². The maximum atomic E-state index is 13.8. The normalized spacial score (nSPS) is 20.6. The van der Waals surface area contributed by atoms with E-state index in [0.29, 0.717) is 12.0 Å². The molecular formula is C23H26FNO2. The molecule has 1 amide bonds. The van der Waals surface area contributed by atoms with E-state index in [2.05, 4.69) is 5.32 Å². The number of benzene rings is 2. The Labute approximate surface area is 159 Å². The minimum Gasteiger partial charge on any atom is -0.487 e. The van der Waals surface area contributed by atoms with Gasteiger partial charge in [0.25, 0.3) is 0 Å². The maximum Gasteiger partial charge on any atom is 0.220 e. The first-order chi connectivity index (χ1) is 13.2. The molecular weight excluding hydrogens is 341 g/mol. The van der Waals surface area contributed by atoms with Crippen LogP contribution in [0.3, 0.4) is 0 Å². The summed E-state index contributed by atoms with van der Waals surface area (Å²) in [7, 11) is 0. The molecule has 1 heterocycles. The van der Waals surface area contributed by atoms with E-state index in [0.717, 1.165) is 30.6 Å². The molecule has 0 bridgehead atoms. The Morgan fingerprint density at radius 1 is 1.07 bits per heavy atom. The Morgan fingerprint density at radius 2 is 1.81 bits per heavy atom. The number of halogens is 1. The molecule has 0 radical (unpaired) electrons. The molecule has 142 valence electrons. The van der Waals surface area contributed by atoms with Crippen LogP contribution in [0.15, 0.2) is 48.5 Å². The van der Waals surface area contributed by atoms with Crippen LogP contribution in [-0.2, 0) is 11.2 Å². The fourth-order valence-corrected chi connectivity index (χ4v) is 4.47. The first-order valence-electron chi connectivity index (χ1n) is 9.96. The topological polar surface area (TPSA) is 38.3 Å². The number of fused-ring (bicyclic) bond motifs is 1. The number of carbonyl (C=O) groups excluding carboxylic acids is 1. The highest BCUT2D eigenvalue weighted by molar-refractivity contribution is 5.77. The van der Waals surface area contributed by atoms with Gasteiger partial charge in [-0.1, -0.05) is 42.8 Å². The van der Waals surface area contributed by atoms with Gasteiger partial charge in [0.2, 0.25) is 5.91 Å². The molecule has 2 aromatic carbocycles. The standard InChI is InChI=1S/C23H26FNO2/c24-19-10-4-2-8-17(19)12-13-22(26)25-20-16-23(14-6-1-7-15-23)27-21-11-5-3-9-18(20)21/h2-5,8-11,20H,1,6-7,12-16H2,(H,25,26). The Kier molecular flexibility index (Phi) is 5.15. The average Bonchev–Trinajstić information content (AvgIpc) is 2.68. The Hall–Kier alpha value is -2.36. The summed E-state index contributed by atoms with van der Waals surface area (Å²) in [4.78, 5) is 12.6. The average molecular weight is 367 g/mol. The van der Waals surface area contributed by atoms with Gasteiger partial charge in [-0.3, -0.25) is 4.79 Å². The number of ether oxygens (including phenoxy) is 1. The zero-order valence-corrected chi connectivity index (χ0v) is 15.5. The van der Waals surface area contributed by atoms with Crippen molar-refractivity contribution in [2.75, 3.05) is 0 Å². The van der Waals surface area contributed by atoms with E-state index in [1.54, 1.807) is 18.2 Å². The molecule has 1 aliphatic carbocycles. The lowest BCUT2D eigenvalue weighted by Gasteiger charge is -2.44. The fraction of sp³-hybridized carbons (Fsp3) is 0.435. The number of aryl methyl sites for hydroxylation is 1. The molecule has 2 aliphatic rings. The number of amides is 1. The minimum atomic E-state index is -0.247. The number of para-hydroxylation sites is 1. The SMILES string of the molecule is O=C(CCc1ccccc1F)NC1CC2(CCCCC2)Oc2ccccc21. The second-order valence-corrected chi connectivity index (χ2v) is 7.80. The second-order valence-electron chi connectivity index (χ2n) is 7.80. The third-order valence-electron chi connectivity index (χ3n) is 5.88. The van der Waals surface area contributed by atoms with Crippen LogP contribution < -0.4 is 10.1 Å². The quantitative estimate of drug-likeness (QED) is 0.816. The van der Waals surface area contributed by atoms with Gasteiger partial charge in [-0.2, -0.15) is 0 Å². The number of carbonyl (C=O) groups is 1. The monoisotopic (exact) mass is 367 g/mol. The lowest BCUT2D eigenvalue weighted by molar-refractivity contribution is -0.122. The van der Waals surface area contributed by atoms with Crippen molar-refractivity contribution in [2.45, 2.75) is 63.0 Å². The Morgan fingerprint density at radius 3 is 2.63 bits per heavy atom. The van der Waals surface area contributed by atoms with Crippen LogP contribution in [0.4, 0.5) is 4.39 Å². The van der Waals surface area contributed by atoms with Crippen LogP contribution >= 0.6 is 0 Å². The molecule has 1 unspecified atom stereocenters. The van der Waals surface area contributed by atoms with Crippen molar-refractivity contribution in [3.63, 3.8) is 0 Å². The van der Waals surface area contributed by atoms with Crippen molar-refractivity contribution >= 4 is 5.91 Å². The number of rotatable bonds is 4. The highest BCUT2D eigenvalue weighted by Gasteiger charge is 2.42. The molecule has 27 heavy (non-hydrogen) atoms. The van der Waals surface area contributed by atoms with Gasteiger partial charge in [-0.15, -0.1) is 0 Å². The van der Waals surface area contributed by atoms with E-state index in [1.807, 2.05) is 24.3 Å². The van der Waals surface area contributed by atoms with Crippen LogP contribution in [0.2, 0.25) is 0 Å². The van der Waals surface area contributed by atoms with Crippen LogP contribution in [0.1, 0.15) is 62.1 Å². The van der Waals surface area contributed by atoms with Crippen LogP contribution in [0.5, 0.6) is 5.75 Å². The largest absolute Gasteiger partial charge is 0.487 e. The molecule has 2 aromatic rings. The van der Waals surface area contributed by atoms with Gasteiger partial charge in [0.05, 0.1) is 6.04 Å². The molecule has 1 N–H and O–H groups in total. The first-order valence-corrected chi connectivity index (χ1v) is 9.96. The van der Waals surface area contributed by atoms with Crippen molar-refractivity contribution in [1.82, 2.24) is 5.32 Å². The molecule has 0 saturated heterocycles. The second kappa shape index (κ2) is 7.71. The molecule has 1 aliphatic heterocycles. The molecule has 1 atom stereocenters. The molecule has 3 nitrogen and oxygen atoms in total. The van der Waals surface area contributed by atoms with Crippen molar-refractivity contribution in [3.05, 3.63) is 65.5 Å². The number of hydrogen-bond acceptors (Lipinski definition) is 2. The first kappa shape index (κ1) is 18.0. The Balaban J connectivity index is 1.46. The van der Waals surface area contributed by atoms with Crippen molar-refractivity contribution < 1.29 is 13.9 Å². The van der Waals surface area contributed by atoms with E-state index < -0.39 is 0 Å². The van der Waals surface area contributed by atoms with Gasteiger partial charge in [0.15, 0.2) is 0 Å².